The van der Waals surface area contributed by atoms with E-state index in [2.05, 4.69) is 11.6 Å². The Morgan fingerprint density at radius 3 is 2.81 bits per heavy atom. The number of hydrogen-bond acceptors (Lipinski definition) is 4. The molecule has 1 saturated heterocycles. The van der Waals surface area contributed by atoms with Gasteiger partial charge in [-0.3, -0.25) is 9.59 Å². The molecule has 0 saturated carbocycles. The Kier molecular flexibility index (Phi) is 11.9. The molecular formula is C14H28ClN3O2S. The molecule has 0 aromatic carbocycles. The molecule has 1 aliphatic heterocycles. The lowest BCUT2D eigenvalue weighted by Crippen LogP contribution is -2.46. The van der Waals surface area contributed by atoms with Crippen molar-refractivity contribution in [1.82, 2.24) is 10.2 Å². The number of halogens is 1. The molecule has 0 aromatic heterocycles. The molecule has 0 spiro atoms. The minimum atomic E-state index is -0.0644. The quantitative estimate of drug-likeness (QED) is 0.654. The highest BCUT2D eigenvalue weighted by Crippen LogP contribution is 2.18. The van der Waals surface area contributed by atoms with Crippen LogP contribution in [0.15, 0.2) is 0 Å². The van der Waals surface area contributed by atoms with Crippen LogP contribution in [0.5, 0.6) is 0 Å². The van der Waals surface area contributed by atoms with Crippen LogP contribution in [0, 0.1) is 5.92 Å². The topological polar surface area (TPSA) is 75.4 Å². The minimum Gasteiger partial charge on any atom is -0.355 e. The highest BCUT2D eigenvalue weighted by Gasteiger charge is 2.27. The van der Waals surface area contributed by atoms with Crippen LogP contribution < -0.4 is 11.1 Å². The predicted octanol–water partition coefficient (Wildman–Crippen LogP) is 1.25. The molecule has 1 unspecified atom stereocenters. The van der Waals surface area contributed by atoms with Crippen molar-refractivity contribution in [2.24, 2.45) is 11.7 Å². The van der Waals surface area contributed by atoms with Crippen molar-refractivity contribution in [2.45, 2.75) is 32.1 Å². The molecule has 0 radical (unpaired) electrons. The monoisotopic (exact) mass is 337 g/mol. The Labute approximate surface area is 138 Å². The zero-order valence-electron chi connectivity index (χ0n) is 12.8. The third-order valence-corrected chi connectivity index (χ3v) is 4.27. The number of piperidine rings is 1. The fourth-order valence-electron chi connectivity index (χ4n) is 2.44. The second-order valence-corrected chi connectivity index (χ2v) is 6.19. The molecule has 3 N–H and O–H groups in total. The Morgan fingerprint density at radius 1 is 1.38 bits per heavy atom. The van der Waals surface area contributed by atoms with Crippen LogP contribution in [0.1, 0.15) is 32.1 Å². The molecule has 5 nitrogen and oxygen atoms in total. The number of carbonyl (C=O) groups is 2. The van der Waals surface area contributed by atoms with Crippen molar-refractivity contribution in [1.29, 1.82) is 0 Å². The SMILES string of the molecule is CSCCCCC(=O)N1CCCC(C(=O)NCCN)C1.Cl. The van der Waals surface area contributed by atoms with Crippen LogP contribution >= 0.6 is 24.2 Å². The van der Waals surface area contributed by atoms with Gasteiger partial charge in [0.1, 0.15) is 0 Å². The molecular weight excluding hydrogens is 310 g/mol. The summed E-state index contributed by atoms with van der Waals surface area (Å²) in [5.74, 6) is 1.28. The predicted molar refractivity (Wildman–Crippen MR) is 90.8 cm³/mol. The van der Waals surface area contributed by atoms with E-state index in [-0.39, 0.29) is 30.1 Å². The fraction of sp³-hybridized carbons (Fsp3) is 0.857. The van der Waals surface area contributed by atoms with E-state index >= 15 is 0 Å². The molecule has 124 valence electrons. The number of hydrogen-bond donors (Lipinski definition) is 2. The standard InChI is InChI=1S/C14H27N3O2S.ClH/c1-20-10-3-2-6-13(18)17-9-4-5-12(11-17)14(19)16-8-7-15;/h12H,2-11,15H2,1H3,(H,16,19);1H. The molecule has 1 rings (SSSR count). The Balaban J connectivity index is 0.00000400. The lowest BCUT2D eigenvalue weighted by Gasteiger charge is -2.32. The average Bonchev–Trinajstić information content (AvgIpc) is 2.49. The zero-order chi connectivity index (χ0) is 14.8. The maximum Gasteiger partial charge on any atom is 0.224 e. The Hall–Kier alpha value is -0.460. The van der Waals surface area contributed by atoms with E-state index in [1.807, 2.05) is 16.7 Å². The normalized spacial score (nSPS) is 18.0. The van der Waals surface area contributed by atoms with Gasteiger partial charge in [0, 0.05) is 32.6 Å². The van der Waals surface area contributed by atoms with Gasteiger partial charge in [-0.15, -0.1) is 12.4 Å². The fourth-order valence-corrected chi connectivity index (χ4v) is 2.93. The molecule has 2 amide bonds. The molecule has 1 aliphatic rings. The number of thioether (sulfide) groups is 1. The summed E-state index contributed by atoms with van der Waals surface area (Å²) in [7, 11) is 0. The van der Waals surface area contributed by atoms with Gasteiger partial charge >= 0.3 is 0 Å². The minimum absolute atomic E-state index is 0. The van der Waals surface area contributed by atoms with E-state index in [0.717, 1.165) is 38.0 Å². The highest BCUT2D eigenvalue weighted by atomic mass is 35.5. The van der Waals surface area contributed by atoms with E-state index in [0.29, 0.717) is 26.1 Å². The molecule has 0 aromatic rings. The lowest BCUT2D eigenvalue weighted by molar-refractivity contribution is -0.135. The maximum atomic E-state index is 12.1. The van der Waals surface area contributed by atoms with Gasteiger partial charge in [-0.05, 0) is 37.7 Å². The molecule has 1 fully saturated rings. The Morgan fingerprint density at radius 2 is 2.14 bits per heavy atom. The van der Waals surface area contributed by atoms with E-state index in [1.165, 1.54) is 0 Å². The highest BCUT2D eigenvalue weighted by molar-refractivity contribution is 7.98. The first-order chi connectivity index (χ1) is 9.69. The molecule has 0 bridgehead atoms. The number of rotatable bonds is 8. The summed E-state index contributed by atoms with van der Waals surface area (Å²) in [6.45, 7) is 2.33. The number of unbranched alkanes of at least 4 members (excludes halogenated alkanes) is 1. The summed E-state index contributed by atoms with van der Waals surface area (Å²) in [6.07, 6.45) is 6.50. The van der Waals surface area contributed by atoms with Crippen LogP contribution in [-0.2, 0) is 9.59 Å². The second kappa shape index (κ2) is 12.1. The van der Waals surface area contributed by atoms with E-state index in [9.17, 15) is 9.59 Å². The van der Waals surface area contributed by atoms with Gasteiger partial charge in [-0.25, -0.2) is 0 Å². The van der Waals surface area contributed by atoms with E-state index < -0.39 is 0 Å². The zero-order valence-corrected chi connectivity index (χ0v) is 14.4. The van der Waals surface area contributed by atoms with Gasteiger partial charge in [0.25, 0.3) is 0 Å². The summed E-state index contributed by atoms with van der Waals surface area (Å²) < 4.78 is 0. The molecule has 0 aliphatic carbocycles. The number of nitrogens with two attached hydrogens (primary N) is 1. The van der Waals surface area contributed by atoms with Crippen LogP contribution in [0.4, 0.5) is 0 Å². The maximum absolute atomic E-state index is 12.1. The first-order valence-corrected chi connectivity index (χ1v) is 8.83. The van der Waals surface area contributed by atoms with Gasteiger partial charge in [0.2, 0.25) is 11.8 Å². The van der Waals surface area contributed by atoms with Gasteiger partial charge in [-0.2, -0.15) is 11.8 Å². The summed E-state index contributed by atoms with van der Waals surface area (Å²) in [5.41, 5.74) is 5.38. The van der Waals surface area contributed by atoms with Gasteiger partial charge in [-0.1, -0.05) is 0 Å². The van der Waals surface area contributed by atoms with Crippen molar-refractivity contribution in [3.05, 3.63) is 0 Å². The largest absolute Gasteiger partial charge is 0.355 e. The van der Waals surface area contributed by atoms with Gasteiger partial charge in [0.15, 0.2) is 0 Å². The number of nitrogens with one attached hydrogen (secondary N) is 1. The van der Waals surface area contributed by atoms with Crippen LogP contribution in [-0.4, -0.2) is 54.9 Å². The van der Waals surface area contributed by atoms with E-state index in [1.54, 1.807) is 0 Å². The number of amides is 2. The van der Waals surface area contributed by atoms with Crippen molar-refractivity contribution < 1.29 is 9.59 Å². The second-order valence-electron chi connectivity index (χ2n) is 5.21. The average molecular weight is 338 g/mol. The number of carbonyl (C=O) groups excluding carboxylic acids is 2. The number of nitrogens with zero attached hydrogens (tertiary/aromatic N) is 1. The van der Waals surface area contributed by atoms with Gasteiger partial charge in [0.05, 0.1) is 5.92 Å². The number of likely N-dealkylation sites (tertiary alicyclic amines) is 1. The summed E-state index contributed by atoms with van der Waals surface area (Å²) in [6, 6.07) is 0. The summed E-state index contributed by atoms with van der Waals surface area (Å²) in [4.78, 5) is 25.9. The third-order valence-electron chi connectivity index (χ3n) is 3.58. The van der Waals surface area contributed by atoms with Crippen molar-refractivity contribution in [3.8, 4) is 0 Å². The molecule has 21 heavy (non-hydrogen) atoms. The molecule has 7 heteroatoms. The third kappa shape index (κ3) is 7.93. The summed E-state index contributed by atoms with van der Waals surface area (Å²) in [5, 5.41) is 2.82. The van der Waals surface area contributed by atoms with Crippen molar-refractivity contribution in [2.75, 3.05) is 38.2 Å². The van der Waals surface area contributed by atoms with Crippen molar-refractivity contribution >= 4 is 36.0 Å². The smallest absolute Gasteiger partial charge is 0.224 e. The lowest BCUT2D eigenvalue weighted by atomic mass is 9.96. The van der Waals surface area contributed by atoms with Gasteiger partial charge < -0.3 is 16.0 Å². The van der Waals surface area contributed by atoms with E-state index in [4.69, 9.17) is 5.73 Å². The summed E-state index contributed by atoms with van der Waals surface area (Å²) >= 11 is 1.81. The van der Waals surface area contributed by atoms with Crippen LogP contribution in [0.25, 0.3) is 0 Å². The Bertz CT molecular complexity index is 319. The van der Waals surface area contributed by atoms with Crippen LogP contribution in [0.2, 0.25) is 0 Å². The first-order valence-electron chi connectivity index (χ1n) is 7.43. The molecule has 1 atom stereocenters. The molecule has 1 heterocycles. The van der Waals surface area contributed by atoms with Crippen molar-refractivity contribution in [3.63, 3.8) is 0 Å². The van der Waals surface area contributed by atoms with Crippen LogP contribution in [0.3, 0.4) is 0 Å². The first kappa shape index (κ1) is 20.5.